The zero-order valence-electron chi connectivity index (χ0n) is 10.3. The number of hydrogen-bond acceptors (Lipinski definition) is 4. The molecule has 2 N–H and O–H groups in total. The summed E-state index contributed by atoms with van der Waals surface area (Å²) in [7, 11) is 0. The minimum absolute atomic E-state index is 0.168. The van der Waals surface area contributed by atoms with E-state index < -0.39 is 11.5 Å². The summed E-state index contributed by atoms with van der Waals surface area (Å²) in [5.74, 6) is -1.19. The molecular formula is C12H19NO5. The predicted molar refractivity (Wildman–Crippen MR) is 62.2 cm³/mol. The lowest BCUT2D eigenvalue weighted by atomic mass is 10.1. The third kappa shape index (κ3) is 3.43. The molecule has 0 radical (unpaired) electrons. The van der Waals surface area contributed by atoms with Crippen molar-refractivity contribution >= 4 is 11.9 Å². The topological polar surface area (TPSA) is 84.9 Å². The number of carboxylic acids is 1. The fraction of sp³-hybridized carbons (Fsp3) is 0.833. The third-order valence-corrected chi connectivity index (χ3v) is 3.39. The highest BCUT2D eigenvalue weighted by atomic mass is 16.5. The Kier molecular flexibility index (Phi) is 4.19. The van der Waals surface area contributed by atoms with Gasteiger partial charge in [-0.2, -0.15) is 0 Å². The van der Waals surface area contributed by atoms with Gasteiger partial charge in [0.2, 0.25) is 5.91 Å². The highest BCUT2D eigenvalue weighted by Gasteiger charge is 2.51. The van der Waals surface area contributed by atoms with Crippen LogP contribution in [0.1, 0.15) is 32.1 Å². The van der Waals surface area contributed by atoms with Crippen LogP contribution in [-0.2, 0) is 19.1 Å². The first-order valence-corrected chi connectivity index (χ1v) is 6.36. The van der Waals surface area contributed by atoms with Gasteiger partial charge in [0.15, 0.2) is 0 Å². The molecule has 2 fully saturated rings. The molecule has 6 nitrogen and oxygen atoms in total. The molecule has 0 bridgehead atoms. The van der Waals surface area contributed by atoms with Crippen molar-refractivity contribution in [1.82, 2.24) is 5.32 Å². The molecule has 1 saturated carbocycles. The first-order valence-electron chi connectivity index (χ1n) is 6.36. The Bertz CT molecular complexity index is 320. The van der Waals surface area contributed by atoms with Crippen LogP contribution in [0.25, 0.3) is 0 Å². The summed E-state index contributed by atoms with van der Waals surface area (Å²) in [5, 5.41) is 11.5. The molecule has 0 spiro atoms. The maximum atomic E-state index is 11.6. The van der Waals surface area contributed by atoms with Gasteiger partial charge in [0.25, 0.3) is 0 Å². The van der Waals surface area contributed by atoms with E-state index in [-0.39, 0.29) is 18.4 Å². The predicted octanol–water partition coefficient (Wildman–Crippen LogP) is 0.305. The summed E-state index contributed by atoms with van der Waals surface area (Å²) in [6.45, 7) is 1.75. The van der Waals surface area contributed by atoms with Crippen LogP contribution in [0.3, 0.4) is 0 Å². The van der Waals surface area contributed by atoms with Crippen molar-refractivity contribution in [1.29, 1.82) is 0 Å². The Morgan fingerprint density at radius 3 is 2.56 bits per heavy atom. The molecule has 0 unspecified atom stereocenters. The minimum Gasteiger partial charge on any atom is -0.480 e. The zero-order valence-corrected chi connectivity index (χ0v) is 10.3. The maximum Gasteiger partial charge on any atom is 0.329 e. The van der Waals surface area contributed by atoms with Gasteiger partial charge < -0.3 is 19.9 Å². The van der Waals surface area contributed by atoms with Gasteiger partial charge in [0.05, 0.1) is 12.7 Å². The van der Waals surface area contributed by atoms with Gasteiger partial charge in [-0.05, 0) is 25.7 Å². The molecule has 2 rings (SSSR count). The van der Waals surface area contributed by atoms with E-state index in [9.17, 15) is 9.59 Å². The van der Waals surface area contributed by atoms with E-state index in [1.165, 1.54) is 0 Å². The smallest absolute Gasteiger partial charge is 0.329 e. The van der Waals surface area contributed by atoms with Gasteiger partial charge in [0, 0.05) is 19.6 Å². The van der Waals surface area contributed by atoms with Gasteiger partial charge in [-0.15, -0.1) is 0 Å². The molecule has 1 heterocycles. The summed E-state index contributed by atoms with van der Waals surface area (Å²) in [4.78, 5) is 22.4. The summed E-state index contributed by atoms with van der Waals surface area (Å²) in [6.07, 6.45) is 3.15. The molecule has 1 saturated heterocycles. The van der Waals surface area contributed by atoms with Gasteiger partial charge in [0.1, 0.15) is 5.54 Å². The largest absolute Gasteiger partial charge is 0.480 e. The van der Waals surface area contributed by atoms with Crippen molar-refractivity contribution in [3.8, 4) is 0 Å². The minimum atomic E-state index is -0.990. The molecular weight excluding hydrogens is 238 g/mol. The monoisotopic (exact) mass is 257 g/mol. The maximum absolute atomic E-state index is 11.6. The average molecular weight is 257 g/mol. The summed E-state index contributed by atoms with van der Waals surface area (Å²) >= 11 is 0. The summed E-state index contributed by atoms with van der Waals surface area (Å²) in [6, 6.07) is 0. The molecule has 0 aromatic heterocycles. The van der Waals surface area contributed by atoms with E-state index >= 15 is 0 Å². The van der Waals surface area contributed by atoms with Gasteiger partial charge in [-0.3, -0.25) is 4.79 Å². The molecule has 6 heteroatoms. The number of amides is 1. The van der Waals surface area contributed by atoms with E-state index in [1.807, 2.05) is 0 Å². The van der Waals surface area contributed by atoms with Crippen LogP contribution in [0.5, 0.6) is 0 Å². The highest BCUT2D eigenvalue weighted by Crippen LogP contribution is 2.35. The fourth-order valence-corrected chi connectivity index (χ4v) is 2.01. The molecule has 1 amide bonds. The van der Waals surface area contributed by atoms with Crippen LogP contribution in [0.15, 0.2) is 0 Å². The lowest BCUT2D eigenvalue weighted by Crippen LogP contribution is -2.43. The summed E-state index contributed by atoms with van der Waals surface area (Å²) < 4.78 is 10.8. The molecule has 0 atom stereocenters. The molecule has 1 aliphatic carbocycles. The number of nitrogens with one attached hydrogen (secondary N) is 1. The number of carbonyl (C=O) groups excluding carboxylic acids is 1. The molecule has 0 aromatic carbocycles. The second-order valence-corrected chi connectivity index (χ2v) is 4.87. The summed E-state index contributed by atoms with van der Waals surface area (Å²) in [5.41, 5.74) is -0.990. The molecule has 18 heavy (non-hydrogen) atoms. The third-order valence-electron chi connectivity index (χ3n) is 3.39. The van der Waals surface area contributed by atoms with Crippen molar-refractivity contribution in [3.05, 3.63) is 0 Å². The van der Waals surface area contributed by atoms with Crippen molar-refractivity contribution < 1.29 is 24.2 Å². The SMILES string of the molecule is O=C(CCOC1CCOCC1)NC1(C(=O)O)CC1. The number of ether oxygens (including phenoxy) is 2. The van der Waals surface area contributed by atoms with Crippen molar-refractivity contribution in [2.45, 2.75) is 43.7 Å². The van der Waals surface area contributed by atoms with Crippen molar-refractivity contribution in [2.75, 3.05) is 19.8 Å². The molecule has 0 aromatic rings. The fourth-order valence-electron chi connectivity index (χ4n) is 2.01. The van der Waals surface area contributed by atoms with Crippen LogP contribution >= 0.6 is 0 Å². The van der Waals surface area contributed by atoms with Crippen molar-refractivity contribution in [2.24, 2.45) is 0 Å². The van der Waals surface area contributed by atoms with E-state index in [4.69, 9.17) is 14.6 Å². The average Bonchev–Trinajstić information content (AvgIpc) is 3.11. The second kappa shape index (κ2) is 5.67. The van der Waals surface area contributed by atoms with Crippen molar-refractivity contribution in [3.63, 3.8) is 0 Å². The lowest BCUT2D eigenvalue weighted by molar-refractivity contribution is -0.143. The Balaban J connectivity index is 1.61. The number of carboxylic acid groups (broad SMARTS) is 1. The first-order chi connectivity index (χ1) is 8.62. The van der Waals surface area contributed by atoms with Crippen LogP contribution in [0, 0.1) is 0 Å². The quantitative estimate of drug-likeness (QED) is 0.715. The lowest BCUT2D eigenvalue weighted by Gasteiger charge is -2.22. The van der Waals surface area contributed by atoms with E-state index in [1.54, 1.807) is 0 Å². The Hall–Kier alpha value is -1.14. The Morgan fingerprint density at radius 2 is 2.00 bits per heavy atom. The van der Waals surface area contributed by atoms with Crippen LogP contribution < -0.4 is 5.32 Å². The van der Waals surface area contributed by atoms with E-state index in [0.717, 1.165) is 12.8 Å². The van der Waals surface area contributed by atoms with Gasteiger partial charge in [-0.25, -0.2) is 4.79 Å². The first kappa shape index (κ1) is 13.3. The van der Waals surface area contributed by atoms with Gasteiger partial charge >= 0.3 is 5.97 Å². The van der Waals surface area contributed by atoms with Crippen LogP contribution in [-0.4, -0.2) is 48.4 Å². The van der Waals surface area contributed by atoms with Gasteiger partial charge in [-0.1, -0.05) is 0 Å². The van der Waals surface area contributed by atoms with E-state index in [2.05, 4.69) is 5.32 Å². The van der Waals surface area contributed by atoms with E-state index in [0.29, 0.717) is 32.7 Å². The molecule has 1 aliphatic heterocycles. The second-order valence-electron chi connectivity index (χ2n) is 4.87. The standard InChI is InChI=1S/C12H19NO5/c14-10(13-12(4-5-12)11(15)16)3-8-18-9-1-6-17-7-2-9/h9H,1-8H2,(H,13,14)(H,15,16). The number of carbonyl (C=O) groups is 2. The van der Waals surface area contributed by atoms with Crippen LogP contribution in [0.2, 0.25) is 0 Å². The zero-order chi connectivity index (χ0) is 13.0. The van der Waals surface area contributed by atoms with Crippen LogP contribution in [0.4, 0.5) is 0 Å². The molecule has 2 aliphatic rings. The molecule has 102 valence electrons. The Morgan fingerprint density at radius 1 is 1.33 bits per heavy atom. The number of hydrogen-bond donors (Lipinski definition) is 2. The Labute approximate surface area is 106 Å². The normalized spacial score (nSPS) is 22.4. The highest BCUT2D eigenvalue weighted by molar-refractivity contribution is 5.89. The number of rotatable bonds is 6. The number of aliphatic carboxylic acids is 1.